The molecule has 4 rings (SSSR count). The zero-order chi connectivity index (χ0) is 20.2. The number of hydrogen-bond acceptors (Lipinski definition) is 6. The Bertz CT molecular complexity index is 1120. The number of pyridine rings is 1. The third-order valence-electron chi connectivity index (χ3n) is 4.53. The number of nitrogens with zero attached hydrogens (tertiary/aromatic N) is 4. The van der Waals surface area contributed by atoms with E-state index in [-0.39, 0.29) is 11.6 Å². The summed E-state index contributed by atoms with van der Waals surface area (Å²) in [5.41, 5.74) is 1.69. The highest BCUT2D eigenvalue weighted by Crippen LogP contribution is 2.29. The molecule has 4 aromatic rings. The van der Waals surface area contributed by atoms with Gasteiger partial charge in [-0.25, -0.2) is 4.98 Å². The highest BCUT2D eigenvalue weighted by Gasteiger charge is 2.25. The van der Waals surface area contributed by atoms with Gasteiger partial charge in [-0.15, -0.1) is 0 Å². The highest BCUT2D eigenvalue weighted by atomic mass is 16.5. The molecule has 3 aromatic heterocycles. The van der Waals surface area contributed by atoms with E-state index in [1.54, 1.807) is 37.8 Å². The van der Waals surface area contributed by atoms with E-state index in [0.29, 0.717) is 17.3 Å². The average Bonchev–Trinajstić information content (AvgIpc) is 3.42. The summed E-state index contributed by atoms with van der Waals surface area (Å²) in [6, 6.07) is 12.2. The van der Waals surface area contributed by atoms with E-state index in [2.05, 4.69) is 20.4 Å². The van der Waals surface area contributed by atoms with Crippen LogP contribution >= 0.6 is 0 Å². The third kappa shape index (κ3) is 3.73. The van der Waals surface area contributed by atoms with Crippen LogP contribution < -0.4 is 10.1 Å². The second kappa shape index (κ2) is 7.97. The fourth-order valence-electron chi connectivity index (χ4n) is 3.07. The van der Waals surface area contributed by atoms with Crippen LogP contribution in [0.15, 0.2) is 71.8 Å². The van der Waals surface area contributed by atoms with Gasteiger partial charge in [0.1, 0.15) is 17.6 Å². The standard InChI is InChI=1S/C21H19N5O3/c1-26-11-10-23-20(26)19(15-7-3-4-8-17(15)28-2)24-21(27)16-12-18(29-25-16)14-6-5-9-22-13-14/h3-13,19H,1-2H3,(H,24,27). The number of nitrogens with one attached hydrogen (secondary N) is 1. The molecule has 0 saturated heterocycles. The number of hydrogen-bond donors (Lipinski definition) is 1. The normalized spacial score (nSPS) is 11.8. The zero-order valence-corrected chi connectivity index (χ0v) is 15.9. The van der Waals surface area contributed by atoms with Crippen molar-refractivity contribution >= 4 is 5.91 Å². The van der Waals surface area contributed by atoms with Gasteiger partial charge in [-0.3, -0.25) is 9.78 Å². The number of carbonyl (C=O) groups excluding carboxylic acids is 1. The van der Waals surface area contributed by atoms with Gasteiger partial charge in [-0.05, 0) is 18.2 Å². The topological polar surface area (TPSA) is 95.1 Å². The van der Waals surface area contributed by atoms with Gasteiger partial charge < -0.3 is 19.1 Å². The molecule has 146 valence electrons. The molecule has 0 radical (unpaired) electrons. The largest absolute Gasteiger partial charge is 0.496 e. The van der Waals surface area contributed by atoms with E-state index < -0.39 is 6.04 Å². The van der Waals surface area contributed by atoms with Crippen molar-refractivity contribution in [3.05, 3.63) is 84.3 Å². The summed E-state index contributed by atoms with van der Waals surface area (Å²) in [7, 11) is 3.46. The van der Waals surface area contributed by atoms with E-state index in [9.17, 15) is 4.79 Å². The second-order valence-corrected chi connectivity index (χ2v) is 6.36. The number of para-hydroxylation sites is 1. The Labute approximate surface area is 167 Å². The second-order valence-electron chi connectivity index (χ2n) is 6.36. The molecular weight excluding hydrogens is 370 g/mol. The summed E-state index contributed by atoms with van der Waals surface area (Å²) in [5.74, 6) is 1.40. The number of ether oxygens (including phenoxy) is 1. The third-order valence-corrected chi connectivity index (χ3v) is 4.53. The van der Waals surface area contributed by atoms with Gasteiger partial charge in [-0.2, -0.15) is 0 Å². The minimum Gasteiger partial charge on any atom is -0.496 e. The first-order valence-electron chi connectivity index (χ1n) is 8.95. The molecule has 0 spiro atoms. The molecule has 1 amide bonds. The number of rotatable bonds is 6. The molecule has 0 saturated carbocycles. The van der Waals surface area contributed by atoms with Gasteiger partial charge in [0.25, 0.3) is 5.91 Å². The van der Waals surface area contributed by atoms with Gasteiger partial charge in [0.15, 0.2) is 11.5 Å². The van der Waals surface area contributed by atoms with E-state index in [1.807, 2.05) is 48.1 Å². The highest BCUT2D eigenvalue weighted by molar-refractivity contribution is 5.93. The van der Waals surface area contributed by atoms with Crippen LogP contribution in [0.5, 0.6) is 5.75 Å². The molecule has 1 unspecified atom stereocenters. The molecule has 8 nitrogen and oxygen atoms in total. The Balaban J connectivity index is 1.66. The summed E-state index contributed by atoms with van der Waals surface area (Å²) in [6.45, 7) is 0. The lowest BCUT2D eigenvalue weighted by Gasteiger charge is -2.20. The number of carbonyl (C=O) groups is 1. The van der Waals surface area contributed by atoms with Crippen LogP contribution in [-0.2, 0) is 7.05 Å². The smallest absolute Gasteiger partial charge is 0.274 e. The van der Waals surface area contributed by atoms with E-state index >= 15 is 0 Å². The lowest BCUT2D eigenvalue weighted by atomic mass is 10.0. The maximum Gasteiger partial charge on any atom is 0.274 e. The molecule has 3 heterocycles. The molecule has 0 aliphatic heterocycles. The number of amides is 1. The van der Waals surface area contributed by atoms with Crippen molar-refractivity contribution in [3.63, 3.8) is 0 Å². The summed E-state index contributed by atoms with van der Waals surface area (Å²) in [5, 5.41) is 6.90. The summed E-state index contributed by atoms with van der Waals surface area (Å²) < 4.78 is 12.7. The van der Waals surface area contributed by atoms with Crippen molar-refractivity contribution in [2.45, 2.75) is 6.04 Å². The van der Waals surface area contributed by atoms with Gasteiger partial charge in [0, 0.05) is 49.0 Å². The van der Waals surface area contributed by atoms with Crippen LogP contribution in [0.1, 0.15) is 27.9 Å². The summed E-state index contributed by atoms with van der Waals surface area (Å²) in [4.78, 5) is 21.4. The molecular formula is C21H19N5O3. The molecule has 8 heteroatoms. The van der Waals surface area contributed by atoms with Crippen molar-refractivity contribution < 1.29 is 14.1 Å². The number of imidazole rings is 1. The van der Waals surface area contributed by atoms with Crippen LogP contribution in [0.25, 0.3) is 11.3 Å². The maximum absolute atomic E-state index is 13.0. The first-order valence-corrected chi connectivity index (χ1v) is 8.95. The number of methoxy groups -OCH3 is 1. The number of aryl methyl sites for hydroxylation is 1. The number of aromatic nitrogens is 4. The first kappa shape index (κ1) is 18.4. The fourth-order valence-corrected chi connectivity index (χ4v) is 3.07. The Morgan fingerprint density at radius 3 is 2.79 bits per heavy atom. The van der Waals surface area contributed by atoms with Crippen molar-refractivity contribution in [2.75, 3.05) is 7.11 Å². The molecule has 1 aromatic carbocycles. The van der Waals surface area contributed by atoms with Crippen LogP contribution in [-0.4, -0.2) is 32.7 Å². The minimum absolute atomic E-state index is 0.165. The molecule has 0 fully saturated rings. The lowest BCUT2D eigenvalue weighted by molar-refractivity contribution is 0.0931. The summed E-state index contributed by atoms with van der Waals surface area (Å²) >= 11 is 0. The van der Waals surface area contributed by atoms with Crippen LogP contribution in [0.3, 0.4) is 0 Å². The maximum atomic E-state index is 13.0. The van der Waals surface area contributed by atoms with Gasteiger partial charge in [0.05, 0.1) is 7.11 Å². The van der Waals surface area contributed by atoms with E-state index in [0.717, 1.165) is 11.1 Å². The van der Waals surface area contributed by atoms with Gasteiger partial charge in [-0.1, -0.05) is 23.4 Å². The van der Waals surface area contributed by atoms with Gasteiger partial charge in [0.2, 0.25) is 0 Å². The predicted molar refractivity (Wildman–Crippen MR) is 105 cm³/mol. The molecule has 0 aliphatic carbocycles. The Hall–Kier alpha value is -3.94. The van der Waals surface area contributed by atoms with E-state index in [1.165, 1.54) is 0 Å². The zero-order valence-electron chi connectivity index (χ0n) is 15.9. The first-order chi connectivity index (χ1) is 14.2. The Morgan fingerprint density at radius 2 is 2.07 bits per heavy atom. The van der Waals surface area contributed by atoms with Crippen LogP contribution in [0.4, 0.5) is 0 Å². The SMILES string of the molecule is COc1ccccc1C(NC(=O)c1cc(-c2cccnc2)on1)c1nccn1C. The molecule has 0 aliphatic rings. The van der Waals surface area contributed by atoms with Crippen molar-refractivity contribution in [1.29, 1.82) is 0 Å². The van der Waals surface area contributed by atoms with Crippen molar-refractivity contribution in [3.8, 4) is 17.1 Å². The Kier molecular flexibility index (Phi) is 5.07. The molecule has 29 heavy (non-hydrogen) atoms. The quantitative estimate of drug-likeness (QED) is 0.545. The van der Waals surface area contributed by atoms with Crippen LogP contribution in [0, 0.1) is 0 Å². The van der Waals surface area contributed by atoms with E-state index in [4.69, 9.17) is 9.26 Å². The fraction of sp³-hybridized carbons (Fsp3) is 0.143. The minimum atomic E-state index is -0.530. The predicted octanol–water partition coefficient (Wildman–Crippen LogP) is 3.00. The number of benzene rings is 1. The lowest BCUT2D eigenvalue weighted by Crippen LogP contribution is -2.31. The van der Waals surface area contributed by atoms with Crippen molar-refractivity contribution in [2.24, 2.45) is 7.05 Å². The Morgan fingerprint density at radius 1 is 1.21 bits per heavy atom. The summed E-state index contributed by atoms with van der Waals surface area (Å²) in [6.07, 6.45) is 6.81. The molecule has 1 N–H and O–H groups in total. The molecule has 1 atom stereocenters. The van der Waals surface area contributed by atoms with Crippen molar-refractivity contribution in [1.82, 2.24) is 25.0 Å². The molecule has 0 bridgehead atoms. The van der Waals surface area contributed by atoms with Gasteiger partial charge >= 0.3 is 0 Å². The average molecular weight is 389 g/mol. The van der Waals surface area contributed by atoms with Crippen LogP contribution in [0.2, 0.25) is 0 Å². The monoisotopic (exact) mass is 389 g/mol.